The number of non-ortho nitro benzene ring substituents is 1. The van der Waals surface area contributed by atoms with Crippen LogP contribution in [-0.2, 0) is 4.79 Å². The fourth-order valence-corrected chi connectivity index (χ4v) is 3.53. The molecule has 0 bridgehead atoms. The number of nitro benzene ring substituents is 2. The monoisotopic (exact) mass is 488 g/mol. The SMILES string of the molecule is CCOc1cc(/C=C2/C(=O)N(c3ccccc3)N=C2C)ccc1Oc1ccc([N+](=O)[O-])cc1[N+](=O)[O-]. The lowest BCUT2D eigenvalue weighted by atomic mass is 10.1. The number of hydrazone groups is 1. The molecule has 4 rings (SSSR count). The zero-order valence-electron chi connectivity index (χ0n) is 19.3. The van der Waals surface area contributed by atoms with Crippen LogP contribution in [0.3, 0.4) is 0 Å². The first-order valence-electron chi connectivity index (χ1n) is 10.8. The van der Waals surface area contributed by atoms with Crippen LogP contribution in [0.5, 0.6) is 17.2 Å². The smallest absolute Gasteiger partial charge is 0.318 e. The molecular weight excluding hydrogens is 468 g/mol. The summed E-state index contributed by atoms with van der Waals surface area (Å²) >= 11 is 0. The van der Waals surface area contributed by atoms with Crippen molar-refractivity contribution in [1.82, 2.24) is 0 Å². The average Bonchev–Trinajstić information content (AvgIpc) is 3.14. The summed E-state index contributed by atoms with van der Waals surface area (Å²) in [6, 6.07) is 17.0. The van der Waals surface area contributed by atoms with Gasteiger partial charge in [-0.05, 0) is 55.8 Å². The molecule has 3 aromatic rings. The van der Waals surface area contributed by atoms with E-state index in [9.17, 15) is 25.0 Å². The zero-order chi connectivity index (χ0) is 25.8. The number of ether oxygens (including phenoxy) is 2. The molecule has 0 saturated heterocycles. The van der Waals surface area contributed by atoms with Gasteiger partial charge in [0.1, 0.15) is 0 Å². The fraction of sp³-hybridized carbons (Fsp3) is 0.120. The summed E-state index contributed by atoms with van der Waals surface area (Å²) in [5, 5.41) is 28.1. The molecule has 0 atom stereocenters. The van der Waals surface area contributed by atoms with Crippen LogP contribution in [0, 0.1) is 20.2 Å². The highest BCUT2D eigenvalue weighted by molar-refractivity contribution is 6.32. The van der Waals surface area contributed by atoms with E-state index in [2.05, 4.69) is 5.10 Å². The van der Waals surface area contributed by atoms with Crippen LogP contribution in [-0.4, -0.2) is 28.1 Å². The van der Waals surface area contributed by atoms with Crippen LogP contribution in [0.1, 0.15) is 19.4 Å². The van der Waals surface area contributed by atoms with Crippen molar-refractivity contribution >= 4 is 34.8 Å². The second-order valence-corrected chi connectivity index (χ2v) is 7.60. The van der Waals surface area contributed by atoms with Crippen molar-refractivity contribution < 1.29 is 24.1 Å². The second-order valence-electron chi connectivity index (χ2n) is 7.60. The third-order valence-corrected chi connectivity index (χ3v) is 5.21. The molecule has 11 nitrogen and oxygen atoms in total. The number of hydrogen-bond acceptors (Lipinski definition) is 8. The molecule has 0 spiro atoms. The Morgan fingerprint density at radius 3 is 2.33 bits per heavy atom. The van der Waals surface area contributed by atoms with E-state index < -0.39 is 21.2 Å². The summed E-state index contributed by atoms with van der Waals surface area (Å²) < 4.78 is 11.4. The number of hydrogen-bond donors (Lipinski definition) is 0. The summed E-state index contributed by atoms with van der Waals surface area (Å²) in [5.41, 5.74) is 1.24. The van der Waals surface area contributed by atoms with Crippen molar-refractivity contribution in [2.75, 3.05) is 11.6 Å². The van der Waals surface area contributed by atoms with E-state index in [1.807, 2.05) is 18.2 Å². The van der Waals surface area contributed by atoms with Gasteiger partial charge in [0.25, 0.3) is 11.6 Å². The predicted molar refractivity (Wildman–Crippen MR) is 132 cm³/mol. The van der Waals surface area contributed by atoms with Gasteiger partial charge in [0.05, 0.1) is 39.5 Å². The maximum absolute atomic E-state index is 13.0. The molecule has 3 aromatic carbocycles. The number of carbonyl (C=O) groups excluding carboxylic acids is 1. The first kappa shape index (κ1) is 24.1. The number of carbonyl (C=O) groups is 1. The molecule has 182 valence electrons. The van der Waals surface area contributed by atoms with Gasteiger partial charge in [-0.1, -0.05) is 24.3 Å². The van der Waals surface area contributed by atoms with Crippen molar-refractivity contribution in [1.29, 1.82) is 0 Å². The Morgan fingerprint density at radius 2 is 1.67 bits per heavy atom. The quantitative estimate of drug-likeness (QED) is 0.232. The van der Waals surface area contributed by atoms with Crippen molar-refractivity contribution in [2.45, 2.75) is 13.8 Å². The van der Waals surface area contributed by atoms with Crippen LogP contribution in [0.15, 0.2) is 77.4 Å². The van der Waals surface area contributed by atoms with Gasteiger partial charge in [0.15, 0.2) is 11.5 Å². The molecule has 0 saturated carbocycles. The largest absolute Gasteiger partial charge is 0.490 e. The summed E-state index contributed by atoms with van der Waals surface area (Å²) in [5.74, 6) is -0.00643. The van der Waals surface area contributed by atoms with Gasteiger partial charge in [-0.3, -0.25) is 25.0 Å². The van der Waals surface area contributed by atoms with Gasteiger partial charge < -0.3 is 9.47 Å². The molecule has 0 aliphatic carbocycles. The van der Waals surface area contributed by atoms with E-state index >= 15 is 0 Å². The Hall–Kier alpha value is -5.06. The van der Waals surface area contributed by atoms with Crippen molar-refractivity contribution in [3.8, 4) is 17.2 Å². The Morgan fingerprint density at radius 1 is 0.944 bits per heavy atom. The normalized spacial score (nSPS) is 14.1. The molecular formula is C25H20N4O7. The lowest BCUT2D eigenvalue weighted by Gasteiger charge is -2.13. The average molecular weight is 488 g/mol. The van der Waals surface area contributed by atoms with Gasteiger partial charge >= 0.3 is 5.69 Å². The topological polar surface area (TPSA) is 137 Å². The number of nitro groups is 2. The number of benzene rings is 3. The van der Waals surface area contributed by atoms with Gasteiger partial charge in [0, 0.05) is 6.07 Å². The Labute approximate surface area is 205 Å². The first-order valence-corrected chi connectivity index (χ1v) is 10.8. The summed E-state index contributed by atoms with van der Waals surface area (Å²) in [6.07, 6.45) is 1.67. The first-order chi connectivity index (χ1) is 17.3. The summed E-state index contributed by atoms with van der Waals surface area (Å²) in [4.78, 5) is 34.0. The van der Waals surface area contributed by atoms with E-state index in [0.717, 1.165) is 18.2 Å². The van der Waals surface area contributed by atoms with Crippen LogP contribution < -0.4 is 14.5 Å². The van der Waals surface area contributed by atoms with E-state index in [4.69, 9.17) is 9.47 Å². The van der Waals surface area contributed by atoms with Crippen molar-refractivity contribution in [3.05, 3.63) is 98.1 Å². The van der Waals surface area contributed by atoms with Gasteiger partial charge in [-0.2, -0.15) is 10.1 Å². The minimum Gasteiger partial charge on any atom is -0.490 e. The fourth-order valence-electron chi connectivity index (χ4n) is 3.53. The zero-order valence-corrected chi connectivity index (χ0v) is 19.3. The van der Waals surface area contributed by atoms with Crippen LogP contribution in [0.25, 0.3) is 6.08 Å². The number of para-hydroxylation sites is 1. The molecule has 1 aliphatic rings. The maximum atomic E-state index is 13.0. The molecule has 11 heteroatoms. The Bertz CT molecular complexity index is 1420. The minimum absolute atomic E-state index is 0.171. The van der Waals surface area contributed by atoms with E-state index in [1.54, 1.807) is 50.3 Å². The highest BCUT2D eigenvalue weighted by Crippen LogP contribution is 2.39. The minimum atomic E-state index is -0.756. The molecule has 0 unspecified atom stereocenters. The predicted octanol–water partition coefficient (Wildman–Crippen LogP) is 5.50. The maximum Gasteiger partial charge on any atom is 0.318 e. The molecule has 0 fully saturated rings. The lowest BCUT2D eigenvalue weighted by Crippen LogP contribution is -2.21. The van der Waals surface area contributed by atoms with E-state index in [-0.39, 0.29) is 29.8 Å². The highest BCUT2D eigenvalue weighted by atomic mass is 16.6. The second kappa shape index (κ2) is 10.1. The third kappa shape index (κ3) is 4.89. The molecule has 0 N–H and O–H groups in total. The highest BCUT2D eigenvalue weighted by Gasteiger charge is 2.29. The molecule has 0 aromatic heterocycles. The number of amides is 1. The molecule has 1 heterocycles. The van der Waals surface area contributed by atoms with Gasteiger partial charge in [0.2, 0.25) is 5.75 Å². The third-order valence-electron chi connectivity index (χ3n) is 5.21. The van der Waals surface area contributed by atoms with E-state index in [0.29, 0.717) is 22.5 Å². The molecule has 1 aliphatic heterocycles. The number of anilines is 1. The molecule has 36 heavy (non-hydrogen) atoms. The van der Waals surface area contributed by atoms with Crippen molar-refractivity contribution in [2.24, 2.45) is 5.10 Å². The lowest BCUT2D eigenvalue weighted by molar-refractivity contribution is -0.394. The van der Waals surface area contributed by atoms with Crippen molar-refractivity contribution in [3.63, 3.8) is 0 Å². The van der Waals surface area contributed by atoms with Crippen LogP contribution in [0.2, 0.25) is 0 Å². The van der Waals surface area contributed by atoms with Gasteiger partial charge in [-0.25, -0.2) is 0 Å². The molecule has 1 amide bonds. The summed E-state index contributed by atoms with van der Waals surface area (Å²) in [7, 11) is 0. The van der Waals surface area contributed by atoms with Crippen LogP contribution >= 0.6 is 0 Å². The number of nitrogens with zero attached hydrogens (tertiary/aromatic N) is 4. The number of rotatable bonds is 8. The molecule has 0 radical (unpaired) electrons. The van der Waals surface area contributed by atoms with Gasteiger partial charge in [-0.15, -0.1) is 0 Å². The Balaban J connectivity index is 1.65. The standard InChI is InChI=1S/C25H20N4O7/c1-3-35-24-14-17(13-20-16(2)26-27(25(20)30)18-7-5-4-6-8-18)9-11-23(24)36-22-12-10-19(28(31)32)15-21(22)29(33)34/h4-15H,3H2,1-2H3/b20-13+. The Kier molecular flexibility index (Phi) is 6.72. The van der Waals surface area contributed by atoms with Crippen LogP contribution in [0.4, 0.5) is 17.1 Å². The summed E-state index contributed by atoms with van der Waals surface area (Å²) in [6.45, 7) is 3.78. The van der Waals surface area contributed by atoms with E-state index in [1.165, 1.54) is 5.01 Å².